The van der Waals surface area contributed by atoms with Crippen molar-refractivity contribution in [3.05, 3.63) is 52.3 Å². The number of morpholine rings is 1. The van der Waals surface area contributed by atoms with Crippen LogP contribution in [0.1, 0.15) is 5.56 Å². The van der Waals surface area contributed by atoms with Gasteiger partial charge >= 0.3 is 0 Å². The largest absolute Gasteiger partial charge is 0.379 e. The van der Waals surface area contributed by atoms with Gasteiger partial charge in [-0.3, -0.25) is 9.69 Å². The summed E-state index contributed by atoms with van der Waals surface area (Å²) in [4.78, 5) is 14.5. The Balaban J connectivity index is 1.80. The molecule has 0 unspecified atom stereocenters. The Bertz CT molecular complexity index is 676. The predicted octanol–water partition coefficient (Wildman–Crippen LogP) is 1.55. The fourth-order valence-electron chi connectivity index (χ4n) is 2.68. The number of aromatic nitrogens is 2. The minimum atomic E-state index is -0.0366. The molecule has 0 atom stereocenters. The Hall–Kier alpha value is -1.98. The lowest BCUT2D eigenvalue weighted by atomic mass is 10.1. The van der Waals surface area contributed by atoms with Crippen LogP contribution < -0.4 is 5.56 Å². The maximum Gasteiger partial charge on any atom is 0.267 e. The first kappa shape index (κ1) is 14.9. The first-order valence-corrected chi connectivity index (χ1v) is 7.68. The van der Waals surface area contributed by atoms with E-state index in [2.05, 4.69) is 10.00 Å². The van der Waals surface area contributed by atoms with Gasteiger partial charge in [0, 0.05) is 31.3 Å². The highest BCUT2D eigenvalue weighted by Crippen LogP contribution is 2.18. The van der Waals surface area contributed by atoms with Crippen LogP contribution in [0.15, 0.2) is 41.2 Å². The molecule has 1 aromatic carbocycles. The average Bonchev–Trinajstić information content (AvgIpc) is 2.56. The molecule has 22 heavy (non-hydrogen) atoms. The average molecular weight is 299 g/mol. The van der Waals surface area contributed by atoms with Crippen molar-refractivity contribution in [1.82, 2.24) is 14.7 Å². The van der Waals surface area contributed by atoms with E-state index in [1.807, 2.05) is 37.3 Å². The smallest absolute Gasteiger partial charge is 0.267 e. The van der Waals surface area contributed by atoms with Gasteiger partial charge in [0.15, 0.2) is 0 Å². The van der Waals surface area contributed by atoms with Crippen molar-refractivity contribution in [2.45, 2.75) is 13.5 Å². The molecular formula is C17H21N3O2. The first-order chi connectivity index (χ1) is 10.7. The summed E-state index contributed by atoms with van der Waals surface area (Å²) in [5.41, 5.74) is 2.80. The Morgan fingerprint density at radius 3 is 2.59 bits per heavy atom. The van der Waals surface area contributed by atoms with E-state index in [4.69, 9.17) is 4.74 Å². The Labute approximate surface area is 130 Å². The monoisotopic (exact) mass is 299 g/mol. The highest BCUT2D eigenvalue weighted by Gasteiger charge is 2.12. The number of rotatable bonds is 4. The van der Waals surface area contributed by atoms with Crippen LogP contribution in [-0.4, -0.2) is 47.5 Å². The van der Waals surface area contributed by atoms with Gasteiger partial charge in [-0.2, -0.15) is 5.10 Å². The number of hydrogen-bond donors (Lipinski definition) is 0. The van der Waals surface area contributed by atoms with Gasteiger partial charge in [-0.25, -0.2) is 4.68 Å². The minimum Gasteiger partial charge on any atom is -0.379 e. The maximum atomic E-state index is 12.2. The number of hydrogen-bond acceptors (Lipinski definition) is 4. The third kappa shape index (κ3) is 3.43. The van der Waals surface area contributed by atoms with Gasteiger partial charge in [-0.1, -0.05) is 30.3 Å². The molecule has 0 radical (unpaired) electrons. The third-order valence-corrected chi connectivity index (χ3v) is 3.97. The second-order valence-corrected chi connectivity index (χ2v) is 5.56. The minimum absolute atomic E-state index is 0.0366. The summed E-state index contributed by atoms with van der Waals surface area (Å²) in [6.45, 7) is 6.75. The number of benzene rings is 1. The number of aryl methyl sites for hydroxylation is 1. The van der Waals surface area contributed by atoms with E-state index in [0.717, 1.165) is 49.7 Å². The van der Waals surface area contributed by atoms with Crippen LogP contribution >= 0.6 is 0 Å². The molecule has 0 saturated carbocycles. The SMILES string of the molecule is Cc1cc(=O)n(CCN2CCOCC2)nc1-c1ccccc1. The molecule has 116 valence electrons. The number of nitrogens with zero attached hydrogens (tertiary/aromatic N) is 3. The Kier molecular flexibility index (Phi) is 4.65. The van der Waals surface area contributed by atoms with Crippen molar-refractivity contribution in [2.24, 2.45) is 0 Å². The molecule has 2 heterocycles. The molecule has 2 aromatic rings. The van der Waals surface area contributed by atoms with E-state index >= 15 is 0 Å². The molecule has 0 bridgehead atoms. The van der Waals surface area contributed by atoms with Gasteiger partial charge in [-0.15, -0.1) is 0 Å². The van der Waals surface area contributed by atoms with Crippen LogP contribution in [0.25, 0.3) is 11.3 Å². The predicted molar refractivity (Wildman–Crippen MR) is 85.9 cm³/mol. The quantitative estimate of drug-likeness (QED) is 0.859. The zero-order valence-electron chi connectivity index (χ0n) is 12.9. The molecule has 1 aliphatic heterocycles. The fraction of sp³-hybridized carbons (Fsp3) is 0.412. The van der Waals surface area contributed by atoms with Gasteiger partial charge in [0.2, 0.25) is 0 Å². The van der Waals surface area contributed by atoms with Gasteiger partial charge < -0.3 is 4.74 Å². The molecule has 0 N–H and O–H groups in total. The topological polar surface area (TPSA) is 47.4 Å². The summed E-state index contributed by atoms with van der Waals surface area (Å²) in [5.74, 6) is 0. The molecule has 0 amide bonds. The maximum absolute atomic E-state index is 12.2. The highest BCUT2D eigenvalue weighted by atomic mass is 16.5. The second-order valence-electron chi connectivity index (χ2n) is 5.56. The lowest BCUT2D eigenvalue weighted by Gasteiger charge is -2.26. The van der Waals surface area contributed by atoms with Crippen LogP contribution in [0.4, 0.5) is 0 Å². The van der Waals surface area contributed by atoms with Gasteiger partial charge in [-0.05, 0) is 12.5 Å². The van der Waals surface area contributed by atoms with Crippen LogP contribution in [0.5, 0.6) is 0 Å². The Morgan fingerprint density at radius 1 is 1.14 bits per heavy atom. The van der Waals surface area contributed by atoms with Gasteiger partial charge in [0.1, 0.15) is 0 Å². The van der Waals surface area contributed by atoms with Crippen molar-refractivity contribution in [3.63, 3.8) is 0 Å². The molecule has 0 aliphatic carbocycles. The summed E-state index contributed by atoms with van der Waals surface area (Å²) in [6.07, 6.45) is 0. The van der Waals surface area contributed by atoms with Crippen LogP contribution in [0.3, 0.4) is 0 Å². The van der Waals surface area contributed by atoms with Crippen molar-refractivity contribution >= 4 is 0 Å². The van der Waals surface area contributed by atoms with E-state index in [0.29, 0.717) is 6.54 Å². The van der Waals surface area contributed by atoms with Gasteiger partial charge in [0.05, 0.1) is 25.5 Å². The molecule has 5 nitrogen and oxygen atoms in total. The lowest BCUT2D eigenvalue weighted by Crippen LogP contribution is -2.39. The summed E-state index contributed by atoms with van der Waals surface area (Å²) >= 11 is 0. The molecule has 1 aliphatic rings. The van der Waals surface area contributed by atoms with E-state index < -0.39 is 0 Å². The van der Waals surface area contributed by atoms with Crippen LogP contribution in [0, 0.1) is 6.92 Å². The fourth-order valence-corrected chi connectivity index (χ4v) is 2.68. The van der Waals surface area contributed by atoms with Crippen molar-refractivity contribution < 1.29 is 4.74 Å². The van der Waals surface area contributed by atoms with Crippen molar-refractivity contribution in [2.75, 3.05) is 32.8 Å². The summed E-state index contributed by atoms with van der Waals surface area (Å²) in [6, 6.07) is 11.7. The Morgan fingerprint density at radius 2 is 1.86 bits per heavy atom. The zero-order valence-corrected chi connectivity index (χ0v) is 12.9. The normalized spacial score (nSPS) is 15.9. The van der Waals surface area contributed by atoms with Crippen LogP contribution in [-0.2, 0) is 11.3 Å². The summed E-state index contributed by atoms with van der Waals surface area (Å²) in [5, 5.41) is 4.57. The molecular weight excluding hydrogens is 278 g/mol. The molecule has 1 saturated heterocycles. The second kappa shape index (κ2) is 6.85. The van der Waals surface area contributed by atoms with E-state index in [9.17, 15) is 4.79 Å². The van der Waals surface area contributed by atoms with E-state index in [-0.39, 0.29) is 5.56 Å². The van der Waals surface area contributed by atoms with Crippen molar-refractivity contribution in [1.29, 1.82) is 0 Å². The highest BCUT2D eigenvalue weighted by molar-refractivity contribution is 5.61. The number of ether oxygens (including phenoxy) is 1. The zero-order chi connectivity index (χ0) is 15.4. The molecule has 0 spiro atoms. The third-order valence-electron chi connectivity index (χ3n) is 3.97. The standard InChI is InChI=1S/C17H21N3O2/c1-14-13-16(21)20(8-7-19-9-11-22-12-10-19)18-17(14)15-5-3-2-4-6-15/h2-6,13H,7-12H2,1H3. The van der Waals surface area contributed by atoms with E-state index in [1.165, 1.54) is 0 Å². The molecule has 3 rings (SSSR count). The molecule has 5 heteroatoms. The van der Waals surface area contributed by atoms with Crippen molar-refractivity contribution in [3.8, 4) is 11.3 Å². The van der Waals surface area contributed by atoms with Crippen LogP contribution in [0.2, 0.25) is 0 Å². The summed E-state index contributed by atoms with van der Waals surface area (Å²) in [7, 11) is 0. The first-order valence-electron chi connectivity index (χ1n) is 7.68. The molecule has 1 fully saturated rings. The van der Waals surface area contributed by atoms with Gasteiger partial charge in [0.25, 0.3) is 5.56 Å². The lowest BCUT2D eigenvalue weighted by molar-refractivity contribution is 0.0358. The molecule has 1 aromatic heterocycles. The summed E-state index contributed by atoms with van der Waals surface area (Å²) < 4.78 is 6.92. The van der Waals surface area contributed by atoms with E-state index in [1.54, 1.807) is 10.7 Å².